The number of aliphatic hydroxyl groups excluding tert-OH is 1. The summed E-state index contributed by atoms with van der Waals surface area (Å²) in [5.41, 5.74) is 1.06. The molecule has 1 aromatic carbocycles. The molecule has 5 nitrogen and oxygen atoms in total. The van der Waals surface area contributed by atoms with Crippen LogP contribution in [0.15, 0.2) is 24.3 Å². The van der Waals surface area contributed by atoms with Gasteiger partial charge in [-0.05, 0) is 37.0 Å². The summed E-state index contributed by atoms with van der Waals surface area (Å²) < 4.78 is 5.15. The highest BCUT2D eigenvalue weighted by molar-refractivity contribution is 5.74. The smallest absolute Gasteiger partial charge is 0.317 e. The number of hydrogen-bond acceptors (Lipinski definition) is 3. The number of methoxy groups -OCH3 is 1. The van der Waals surface area contributed by atoms with Crippen LogP contribution in [0.2, 0.25) is 0 Å². The molecule has 0 radical (unpaired) electrons. The fraction of sp³-hybridized carbons (Fsp3) is 0.562. The van der Waals surface area contributed by atoms with Gasteiger partial charge in [-0.2, -0.15) is 0 Å². The van der Waals surface area contributed by atoms with Crippen molar-refractivity contribution in [1.82, 2.24) is 10.2 Å². The van der Waals surface area contributed by atoms with Gasteiger partial charge in [0.05, 0.1) is 19.3 Å². The van der Waals surface area contributed by atoms with Gasteiger partial charge in [-0.3, -0.25) is 0 Å². The number of likely N-dealkylation sites (tertiary alicyclic amines) is 1. The lowest BCUT2D eigenvalue weighted by Crippen LogP contribution is -2.47. The van der Waals surface area contributed by atoms with E-state index in [-0.39, 0.29) is 12.1 Å². The van der Waals surface area contributed by atoms with Crippen molar-refractivity contribution in [2.75, 3.05) is 20.2 Å². The first-order valence-corrected chi connectivity index (χ1v) is 7.51. The molecule has 5 heteroatoms. The largest absolute Gasteiger partial charge is 0.497 e. The highest BCUT2D eigenvalue weighted by atomic mass is 16.5. The van der Waals surface area contributed by atoms with E-state index in [1.807, 2.05) is 31.2 Å². The van der Waals surface area contributed by atoms with Gasteiger partial charge in [0.2, 0.25) is 0 Å². The Kier molecular flexibility index (Phi) is 5.44. The second-order valence-electron chi connectivity index (χ2n) is 5.43. The van der Waals surface area contributed by atoms with Crippen LogP contribution in [0.5, 0.6) is 5.75 Å². The lowest BCUT2D eigenvalue weighted by atomic mass is 10.0. The number of urea groups is 1. The first-order chi connectivity index (χ1) is 10.1. The molecule has 0 spiro atoms. The van der Waals surface area contributed by atoms with Gasteiger partial charge in [0.15, 0.2) is 0 Å². The maximum atomic E-state index is 12.3. The van der Waals surface area contributed by atoms with Crippen LogP contribution in [0.3, 0.4) is 0 Å². The molecule has 2 N–H and O–H groups in total. The second-order valence-corrected chi connectivity index (χ2v) is 5.43. The minimum atomic E-state index is -0.398. The van der Waals surface area contributed by atoms with Crippen molar-refractivity contribution >= 4 is 6.03 Å². The molecule has 2 unspecified atom stereocenters. The Labute approximate surface area is 125 Å². The number of nitrogens with zero attached hydrogens (tertiary/aromatic N) is 1. The van der Waals surface area contributed by atoms with E-state index in [2.05, 4.69) is 5.32 Å². The van der Waals surface area contributed by atoms with E-state index >= 15 is 0 Å². The molecule has 2 atom stereocenters. The third-order valence-corrected chi connectivity index (χ3v) is 3.91. The standard InChI is InChI=1S/C16H24N2O3/c1-3-15(12-6-8-14(21-2)9-7-12)17-16(20)18-10-4-5-13(19)11-18/h6-9,13,15,19H,3-5,10-11H2,1-2H3,(H,17,20). The number of β-amino-alcohol motifs (C(OH)–C–C–N with tert-alkyl or cyclic N) is 1. The zero-order valence-corrected chi connectivity index (χ0v) is 12.7. The highest BCUT2D eigenvalue weighted by Crippen LogP contribution is 2.21. The lowest BCUT2D eigenvalue weighted by molar-refractivity contribution is 0.0832. The van der Waals surface area contributed by atoms with Crippen molar-refractivity contribution in [2.24, 2.45) is 0 Å². The molecule has 1 saturated heterocycles. The van der Waals surface area contributed by atoms with E-state index in [1.165, 1.54) is 0 Å². The van der Waals surface area contributed by atoms with Crippen molar-refractivity contribution in [3.8, 4) is 5.75 Å². The normalized spacial score (nSPS) is 20.0. The van der Waals surface area contributed by atoms with Crippen LogP contribution >= 0.6 is 0 Å². The zero-order chi connectivity index (χ0) is 15.2. The molecule has 0 saturated carbocycles. The van der Waals surface area contributed by atoms with E-state index in [1.54, 1.807) is 12.0 Å². The van der Waals surface area contributed by atoms with Crippen molar-refractivity contribution in [3.63, 3.8) is 0 Å². The van der Waals surface area contributed by atoms with Crippen LogP contribution in [0.1, 0.15) is 37.8 Å². The van der Waals surface area contributed by atoms with Crippen LogP contribution < -0.4 is 10.1 Å². The van der Waals surface area contributed by atoms with E-state index in [4.69, 9.17) is 4.74 Å². The summed E-state index contributed by atoms with van der Waals surface area (Å²) in [5.74, 6) is 0.805. The van der Waals surface area contributed by atoms with Gasteiger partial charge < -0.3 is 20.1 Å². The van der Waals surface area contributed by atoms with Crippen molar-refractivity contribution in [2.45, 2.75) is 38.3 Å². The Morgan fingerprint density at radius 3 is 2.76 bits per heavy atom. The molecule has 116 valence electrons. The van der Waals surface area contributed by atoms with Crippen molar-refractivity contribution in [1.29, 1.82) is 0 Å². The van der Waals surface area contributed by atoms with Gasteiger partial charge in [0.25, 0.3) is 0 Å². The van der Waals surface area contributed by atoms with Gasteiger partial charge in [0.1, 0.15) is 5.75 Å². The fourth-order valence-electron chi connectivity index (χ4n) is 2.64. The maximum absolute atomic E-state index is 12.3. The molecule has 1 aliphatic rings. The predicted octanol–water partition coefficient (Wildman–Crippen LogP) is 2.31. The molecule has 0 bridgehead atoms. The van der Waals surface area contributed by atoms with E-state index in [0.717, 1.165) is 30.6 Å². The number of carbonyl (C=O) groups is 1. The molecule has 1 fully saturated rings. The lowest BCUT2D eigenvalue weighted by Gasteiger charge is -2.31. The van der Waals surface area contributed by atoms with Crippen LogP contribution in [0.25, 0.3) is 0 Å². The molecule has 0 aromatic heterocycles. The summed E-state index contributed by atoms with van der Waals surface area (Å²) in [7, 11) is 1.63. The minimum Gasteiger partial charge on any atom is -0.497 e. The summed E-state index contributed by atoms with van der Waals surface area (Å²) in [6, 6.07) is 7.61. The molecule has 2 amide bonds. The molecule has 1 aromatic rings. The molecule has 2 rings (SSSR count). The molecular formula is C16H24N2O3. The molecule has 1 heterocycles. The SMILES string of the molecule is CCC(NC(=O)N1CCCC(O)C1)c1ccc(OC)cc1. The number of hydrogen-bond donors (Lipinski definition) is 2. The van der Waals surface area contributed by atoms with Crippen molar-refractivity contribution < 1.29 is 14.6 Å². The first kappa shape index (κ1) is 15.6. The first-order valence-electron chi connectivity index (χ1n) is 7.51. The van der Waals surface area contributed by atoms with Crippen LogP contribution in [0, 0.1) is 0 Å². The van der Waals surface area contributed by atoms with Gasteiger partial charge in [-0.1, -0.05) is 19.1 Å². The number of nitrogens with one attached hydrogen (secondary N) is 1. The average Bonchev–Trinajstić information content (AvgIpc) is 2.52. The van der Waals surface area contributed by atoms with Crippen LogP contribution in [-0.2, 0) is 0 Å². The van der Waals surface area contributed by atoms with Gasteiger partial charge in [-0.15, -0.1) is 0 Å². The number of aliphatic hydroxyl groups is 1. The maximum Gasteiger partial charge on any atom is 0.317 e. The fourth-order valence-corrected chi connectivity index (χ4v) is 2.64. The van der Waals surface area contributed by atoms with Gasteiger partial charge in [0, 0.05) is 13.1 Å². The highest BCUT2D eigenvalue weighted by Gasteiger charge is 2.23. The summed E-state index contributed by atoms with van der Waals surface area (Å²) >= 11 is 0. The molecule has 21 heavy (non-hydrogen) atoms. The number of piperidine rings is 1. The van der Waals surface area contributed by atoms with E-state index in [0.29, 0.717) is 13.1 Å². The Morgan fingerprint density at radius 2 is 2.19 bits per heavy atom. The number of amides is 2. The van der Waals surface area contributed by atoms with Crippen LogP contribution in [-0.4, -0.2) is 42.3 Å². The molecule has 1 aliphatic heterocycles. The third kappa shape index (κ3) is 4.11. The third-order valence-electron chi connectivity index (χ3n) is 3.91. The number of carbonyl (C=O) groups excluding carboxylic acids is 1. The summed E-state index contributed by atoms with van der Waals surface area (Å²) in [6.45, 7) is 3.17. The summed E-state index contributed by atoms with van der Waals surface area (Å²) in [5, 5.41) is 12.7. The Bertz CT molecular complexity index is 461. The Hall–Kier alpha value is -1.75. The summed E-state index contributed by atoms with van der Waals surface area (Å²) in [6.07, 6.45) is 2.05. The van der Waals surface area contributed by atoms with Gasteiger partial charge >= 0.3 is 6.03 Å². The number of ether oxygens (including phenoxy) is 1. The quantitative estimate of drug-likeness (QED) is 0.895. The Balaban J connectivity index is 1.98. The van der Waals surface area contributed by atoms with Crippen molar-refractivity contribution in [3.05, 3.63) is 29.8 Å². The summed E-state index contributed by atoms with van der Waals surface area (Å²) in [4.78, 5) is 14.0. The predicted molar refractivity (Wildman–Crippen MR) is 81.4 cm³/mol. The van der Waals surface area contributed by atoms with Gasteiger partial charge in [-0.25, -0.2) is 4.79 Å². The van der Waals surface area contributed by atoms with E-state index < -0.39 is 6.10 Å². The monoisotopic (exact) mass is 292 g/mol. The van der Waals surface area contributed by atoms with Crippen LogP contribution in [0.4, 0.5) is 4.79 Å². The minimum absolute atomic E-state index is 0.0255. The Morgan fingerprint density at radius 1 is 1.48 bits per heavy atom. The number of rotatable bonds is 4. The van der Waals surface area contributed by atoms with E-state index in [9.17, 15) is 9.90 Å². The molecular weight excluding hydrogens is 268 g/mol. The topological polar surface area (TPSA) is 61.8 Å². The second kappa shape index (κ2) is 7.31. The zero-order valence-electron chi connectivity index (χ0n) is 12.7. The number of benzene rings is 1. The molecule has 0 aliphatic carbocycles. The average molecular weight is 292 g/mol.